The van der Waals surface area contributed by atoms with Crippen LogP contribution in [0.25, 0.3) is 0 Å². The predicted octanol–water partition coefficient (Wildman–Crippen LogP) is 2.88. The molecule has 3 aromatic rings. The van der Waals surface area contributed by atoms with Gasteiger partial charge in [0.25, 0.3) is 0 Å². The standard InChI is InChI=1S/C27H32NO4.HI/c1-28-19-11-12-23(22-28)27(29)31-21-10-5-3-2-4-9-20-30-24-15-17-26(18-16-24)32-25-13-7-6-8-14-25;/h6-8,11-19,22H,2-5,9-10,20-21H2,1H3;1H/q+1;/p-1. The molecule has 5 nitrogen and oxygen atoms in total. The first kappa shape index (κ1) is 26.6. The maximum Gasteiger partial charge on any atom is 0.344 e. The average molecular weight is 561 g/mol. The van der Waals surface area contributed by atoms with Crippen molar-refractivity contribution in [3.05, 3.63) is 84.7 Å². The number of hydrogen-bond acceptors (Lipinski definition) is 4. The number of benzene rings is 2. The summed E-state index contributed by atoms with van der Waals surface area (Å²) in [6, 6.07) is 21.1. The minimum Gasteiger partial charge on any atom is -1.00 e. The molecule has 0 radical (unpaired) electrons. The number of hydrogen-bond donors (Lipinski definition) is 0. The highest BCUT2D eigenvalue weighted by molar-refractivity contribution is 5.88. The third-order valence-corrected chi connectivity index (χ3v) is 5.02. The van der Waals surface area contributed by atoms with Crippen molar-refractivity contribution in [2.24, 2.45) is 7.05 Å². The van der Waals surface area contributed by atoms with Crippen molar-refractivity contribution in [3.63, 3.8) is 0 Å². The van der Waals surface area contributed by atoms with Gasteiger partial charge in [-0.2, -0.15) is 0 Å². The van der Waals surface area contributed by atoms with Crippen molar-refractivity contribution >= 4 is 5.97 Å². The molecule has 0 N–H and O–H groups in total. The largest absolute Gasteiger partial charge is 1.00 e. The molecule has 176 valence electrons. The lowest BCUT2D eigenvalue weighted by atomic mass is 10.1. The quantitative estimate of drug-likeness (QED) is 0.140. The first-order valence-electron chi connectivity index (χ1n) is 11.3. The zero-order valence-corrected chi connectivity index (χ0v) is 21.3. The summed E-state index contributed by atoms with van der Waals surface area (Å²) < 4.78 is 18.8. The van der Waals surface area contributed by atoms with Gasteiger partial charge in [0.15, 0.2) is 12.4 Å². The highest BCUT2D eigenvalue weighted by Gasteiger charge is 2.09. The number of aryl methyl sites for hydroxylation is 1. The first-order chi connectivity index (χ1) is 15.7. The highest BCUT2D eigenvalue weighted by atomic mass is 127. The van der Waals surface area contributed by atoms with E-state index in [1.807, 2.05) is 78.5 Å². The second kappa shape index (κ2) is 15.3. The van der Waals surface area contributed by atoms with E-state index in [4.69, 9.17) is 14.2 Å². The van der Waals surface area contributed by atoms with E-state index in [2.05, 4.69) is 0 Å². The summed E-state index contributed by atoms with van der Waals surface area (Å²) in [5, 5.41) is 0. The van der Waals surface area contributed by atoms with Crippen LogP contribution in [0.1, 0.15) is 48.9 Å². The van der Waals surface area contributed by atoms with E-state index in [-0.39, 0.29) is 29.9 Å². The molecule has 2 aromatic carbocycles. The maximum absolute atomic E-state index is 12.0. The molecule has 0 atom stereocenters. The Kier molecular flexibility index (Phi) is 12.3. The van der Waals surface area contributed by atoms with Crippen molar-refractivity contribution < 1.29 is 47.5 Å². The number of rotatable bonds is 13. The molecule has 3 rings (SSSR count). The minimum absolute atomic E-state index is 0. The van der Waals surface area contributed by atoms with Crippen LogP contribution < -0.4 is 38.0 Å². The molecule has 0 amide bonds. The van der Waals surface area contributed by atoms with Crippen molar-refractivity contribution in [1.82, 2.24) is 0 Å². The Bertz CT molecular complexity index is 948. The summed E-state index contributed by atoms with van der Waals surface area (Å²) in [6.07, 6.45) is 10.1. The molecule has 0 bridgehead atoms. The van der Waals surface area contributed by atoms with Crippen molar-refractivity contribution in [2.45, 2.75) is 38.5 Å². The van der Waals surface area contributed by atoms with Gasteiger partial charge < -0.3 is 38.2 Å². The number of nitrogens with zero attached hydrogens (tertiary/aromatic N) is 1. The van der Waals surface area contributed by atoms with Gasteiger partial charge in [-0.25, -0.2) is 9.36 Å². The SMILES string of the molecule is C[n+]1cccc(C(=O)OCCCCCCCCOc2ccc(Oc3ccccc3)cc2)c1.[I-]. The summed E-state index contributed by atoms with van der Waals surface area (Å²) in [5.74, 6) is 2.23. The molecule has 0 aliphatic rings. The number of aromatic nitrogens is 1. The molecule has 0 fully saturated rings. The van der Waals surface area contributed by atoms with Gasteiger partial charge in [0.05, 0.1) is 13.2 Å². The van der Waals surface area contributed by atoms with Gasteiger partial charge >= 0.3 is 5.97 Å². The van der Waals surface area contributed by atoms with Gasteiger partial charge in [-0.1, -0.05) is 43.9 Å². The van der Waals surface area contributed by atoms with Crippen LogP contribution >= 0.6 is 0 Å². The number of halogens is 1. The Balaban J connectivity index is 0.00000385. The van der Waals surface area contributed by atoms with Crippen LogP contribution in [0.3, 0.4) is 0 Å². The fourth-order valence-corrected chi connectivity index (χ4v) is 3.29. The molecule has 0 aliphatic carbocycles. The van der Waals surface area contributed by atoms with Crippen molar-refractivity contribution in [3.8, 4) is 17.2 Å². The highest BCUT2D eigenvalue weighted by Crippen LogP contribution is 2.23. The zero-order valence-electron chi connectivity index (χ0n) is 19.1. The van der Waals surface area contributed by atoms with Crippen molar-refractivity contribution in [2.75, 3.05) is 13.2 Å². The molecule has 1 heterocycles. The smallest absolute Gasteiger partial charge is 0.344 e. The summed E-state index contributed by atoms with van der Waals surface area (Å²) >= 11 is 0. The number of para-hydroxylation sites is 1. The molecule has 33 heavy (non-hydrogen) atoms. The summed E-state index contributed by atoms with van der Waals surface area (Å²) in [6.45, 7) is 1.19. The Hall–Kier alpha value is -2.61. The van der Waals surface area contributed by atoms with Gasteiger partial charge in [-0.15, -0.1) is 0 Å². The van der Waals surface area contributed by atoms with E-state index in [1.165, 1.54) is 0 Å². The molecule has 6 heteroatoms. The third-order valence-electron chi connectivity index (χ3n) is 5.02. The third kappa shape index (κ3) is 10.2. The van der Waals surface area contributed by atoms with E-state index >= 15 is 0 Å². The Labute approximate surface area is 213 Å². The van der Waals surface area contributed by atoms with Crippen LogP contribution in [-0.2, 0) is 11.8 Å². The lowest BCUT2D eigenvalue weighted by molar-refractivity contribution is -0.671. The number of unbranched alkanes of at least 4 members (excludes halogenated alkanes) is 5. The molecular weight excluding hydrogens is 529 g/mol. The lowest BCUT2D eigenvalue weighted by Gasteiger charge is -2.08. The molecule has 0 saturated carbocycles. The normalized spacial score (nSPS) is 10.2. The van der Waals surface area contributed by atoms with Crippen molar-refractivity contribution in [1.29, 1.82) is 0 Å². The van der Waals surface area contributed by atoms with Crippen LogP contribution in [0.5, 0.6) is 17.2 Å². The van der Waals surface area contributed by atoms with E-state index in [9.17, 15) is 4.79 Å². The van der Waals surface area contributed by atoms with Crippen LogP contribution in [0.4, 0.5) is 0 Å². The number of carbonyl (C=O) groups excluding carboxylic acids is 1. The van der Waals surface area contributed by atoms with Gasteiger partial charge in [0.1, 0.15) is 29.9 Å². The summed E-state index contributed by atoms with van der Waals surface area (Å²) in [4.78, 5) is 12.0. The lowest BCUT2D eigenvalue weighted by Crippen LogP contribution is -3.00. The molecular formula is C27H32INO4. The molecule has 0 saturated heterocycles. The van der Waals surface area contributed by atoms with Crippen LogP contribution in [0.2, 0.25) is 0 Å². The Morgan fingerprint density at radius 2 is 1.33 bits per heavy atom. The Morgan fingerprint density at radius 3 is 2.03 bits per heavy atom. The molecule has 0 unspecified atom stereocenters. The monoisotopic (exact) mass is 561 g/mol. The second-order valence-electron chi connectivity index (χ2n) is 7.75. The number of pyridine rings is 1. The predicted molar refractivity (Wildman–Crippen MR) is 124 cm³/mol. The minimum atomic E-state index is -0.252. The first-order valence-corrected chi connectivity index (χ1v) is 11.3. The fraction of sp³-hybridized carbons (Fsp3) is 0.333. The second-order valence-corrected chi connectivity index (χ2v) is 7.75. The fourth-order valence-electron chi connectivity index (χ4n) is 3.29. The van der Waals surface area contributed by atoms with Crippen LogP contribution in [-0.4, -0.2) is 19.2 Å². The van der Waals surface area contributed by atoms with E-state index in [0.29, 0.717) is 18.8 Å². The molecule has 0 spiro atoms. The van der Waals surface area contributed by atoms with Gasteiger partial charge in [-0.3, -0.25) is 0 Å². The van der Waals surface area contributed by atoms with E-state index in [0.717, 1.165) is 55.8 Å². The van der Waals surface area contributed by atoms with Gasteiger partial charge in [-0.05, 0) is 55.3 Å². The Morgan fingerprint density at radius 1 is 0.727 bits per heavy atom. The van der Waals surface area contributed by atoms with E-state index in [1.54, 1.807) is 12.3 Å². The summed E-state index contributed by atoms with van der Waals surface area (Å²) in [5.41, 5.74) is 0.591. The number of esters is 1. The molecule has 1 aromatic heterocycles. The number of carbonyl (C=O) groups is 1. The number of ether oxygens (including phenoxy) is 3. The zero-order chi connectivity index (χ0) is 22.4. The van der Waals surface area contributed by atoms with Crippen LogP contribution in [0.15, 0.2) is 79.1 Å². The summed E-state index contributed by atoms with van der Waals surface area (Å²) in [7, 11) is 1.89. The van der Waals surface area contributed by atoms with Gasteiger partial charge in [0, 0.05) is 6.07 Å². The topological polar surface area (TPSA) is 48.6 Å². The molecule has 0 aliphatic heterocycles. The van der Waals surface area contributed by atoms with E-state index < -0.39 is 0 Å². The maximum atomic E-state index is 12.0. The van der Waals surface area contributed by atoms with Crippen LogP contribution in [0, 0.1) is 0 Å². The average Bonchev–Trinajstić information content (AvgIpc) is 2.82. The van der Waals surface area contributed by atoms with Gasteiger partial charge in [0.2, 0.25) is 0 Å².